The second-order valence-electron chi connectivity index (χ2n) is 34.9. The van der Waals surface area contributed by atoms with E-state index in [1.54, 1.807) is 38.3 Å². The van der Waals surface area contributed by atoms with Crippen molar-refractivity contribution < 1.29 is 24.0 Å². The topological polar surface area (TPSA) is 464 Å². The fraction of sp³-hybridized carbons (Fsp3) is 0.326. The molecule has 2 saturated heterocycles. The van der Waals surface area contributed by atoms with E-state index in [1.165, 1.54) is 71.0 Å². The number of imidazole rings is 3. The second kappa shape index (κ2) is 35.5. The first-order valence-corrected chi connectivity index (χ1v) is 47.9. The lowest BCUT2D eigenvalue weighted by molar-refractivity contribution is 0.0796. The normalized spacial score (nSPS) is 17.6. The average Bonchev–Trinajstić information content (AvgIpc) is 1.63. The number of H-pyrrole nitrogens is 6. The molecule has 15 aromatic heterocycles. The molecule has 0 bridgehead atoms. The van der Waals surface area contributed by atoms with Gasteiger partial charge in [-0.15, -0.1) is 45.3 Å². The molecule has 9 aliphatic rings. The van der Waals surface area contributed by atoms with Gasteiger partial charge in [0.25, 0.3) is 23.6 Å². The number of likely N-dealkylation sites (tertiary alicyclic amines) is 1. The Morgan fingerprint density at radius 2 is 0.765 bits per heavy atom. The van der Waals surface area contributed by atoms with Crippen LogP contribution in [0.1, 0.15) is 177 Å². The number of fused-ring (bicyclic) bond motifs is 4. The van der Waals surface area contributed by atoms with Crippen LogP contribution in [0, 0.1) is 5.92 Å². The van der Waals surface area contributed by atoms with Gasteiger partial charge in [-0.3, -0.25) is 19.2 Å². The number of rotatable bonds is 25. The van der Waals surface area contributed by atoms with E-state index in [1.807, 2.05) is 100 Å². The van der Waals surface area contributed by atoms with Gasteiger partial charge in [-0.2, -0.15) is 38.5 Å². The van der Waals surface area contributed by atoms with Crippen LogP contribution in [0.5, 0.6) is 0 Å². The molecule has 0 spiro atoms. The number of carbonyl (C=O) groups excluding carboxylic acids is 5. The van der Waals surface area contributed by atoms with E-state index < -0.39 is 0 Å². The van der Waals surface area contributed by atoms with Gasteiger partial charge in [0.15, 0.2) is 22.6 Å². The quantitative estimate of drug-likeness (QED) is 0.0262. The number of nitrogens with one attached hydrogen (secondary N) is 15. The zero-order valence-corrected chi connectivity index (χ0v) is 75.0. The molecule has 7 saturated carbocycles. The molecule has 0 radical (unpaired) electrons. The number of thiophene rings is 4. The first-order valence-electron chi connectivity index (χ1n) is 44.6. The molecule has 9 fully saturated rings. The van der Waals surface area contributed by atoms with E-state index in [2.05, 4.69) is 124 Å². The van der Waals surface area contributed by atoms with Gasteiger partial charge in [-0.05, 0) is 175 Å². The Bertz CT molecular complexity index is 7660. The molecule has 1 atom stereocenters. The Labute approximate surface area is 766 Å². The van der Waals surface area contributed by atoms with Gasteiger partial charge in [0, 0.05) is 115 Å². The summed E-state index contributed by atoms with van der Waals surface area (Å²) >= 11 is 5.79. The molecule has 0 aromatic carbocycles. The first kappa shape index (κ1) is 84.5. The summed E-state index contributed by atoms with van der Waals surface area (Å²) in [5, 5.41) is 50.4. The van der Waals surface area contributed by atoms with Gasteiger partial charge in [-0.25, -0.2) is 39.1 Å². The summed E-state index contributed by atoms with van der Waals surface area (Å²) in [6, 6.07) is 25.1. The van der Waals surface area contributed by atoms with E-state index in [0.29, 0.717) is 112 Å². The maximum atomic E-state index is 12.8. The van der Waals surface area contributed by atoms with Gasteiger partial charge in [0.1, 0.15) is 23.3 Å². The third-order valence-corrected chi connectivity index (χ3v) is 28.6. The highest BCUT2D eigenvalue weighted by Crippen LogP contribution is 2.39. The second-order valence-corrected chi connectivity index (χ2v) is 39.3. The van der Waals surface area contributed by atoms with Crippen molar-refractivity contribution in [2.75, 3.05) is 40.9 Å². The molecule has 1 unspecified atom stereocenters. The highest BCUT2D eigenvalue weighted by Gasteiger charge is 2.33. The third kappa shape index (κ3) is 19.0. The Morgan fingerprint density at radius 1 is 0.409 bits per heavy atom. The number of carbonyl (C=O) groups is 5. The summed E-state index contributed by atoms with van der Waals surface area (Å²) in [4.78, 5) is 141. The van der Waals surface area contributed by atoms with Crippen LogP contribution < -0.4 is 97.0 Å². The Morgan fingerprint density at radius 3 is 1.13 bits per heavy atom. The van der Waals surface area contributed by atoms with Crippen LogP contribution in [-0.4, -0.2) is 185 Å². The Kier molecular flexibility index (Phi) is 22.7. The zero-order valence-electron chi connectivity index (χ0n) is 71.7. The van der Waals surface area contributed by atoms with Crippen LogP contribution >= 0.6 is 45.3 Å². The SMILES string of the molecule is C=C1NC(=O)NC1Cc1cnn2c(NC3CC3)cc(-c3ccc(C(=O)NC4CCCC4)s3)nc12.C=c1[nH]c(=O)[nH]/c1=C\c1cnn2c(NC3CC3)cc(-c3ccc(C(=O)N4CCCC4)s3)nc12.C=c1[nH]c(=O)[nH]/c1=C\c1cnn2c(NC3CC3)cc(-c3ccc(C(=O)NC4CC4)s3)nc12.C=c1[nH]c(=O)[nH]/c1=C\c1cnn2c(NC3CC3)cc(-c3ccc(C(=O)NCC4CC4)s3)nc12. The molecule has 6 amide bonds. The monoisotopic (exact) mass is 1850 g/mol. The van der Waals surface area contributed by atoms with Crippen LogP contribution in [0.15, 0.2) is 124 Å². The molecule has 7 aliphatic carbocycles. The fourth-order valence-electron chi connectivity index (χ4n) is 16.0. The van der Waals surface area contributed by atoms with Crippen LogP contribution in [-0.2, 0) is 6.42 Å². The van der Waals surface area contributed by atoms with Gasteiger partial charge < -0.3 is 82.7 Å². The highest BCUT2D eigenvalue weighted by molar-refractivity contribution is 7.18. The molecule has 24 rings (SSSR count). The summed E-state index contributed by atoms with van der Waals surface area (Å²) < 4.78 is 7.16. The maximum Gasteiger partial charge on any atom is 0.323 e. The van der Waals surface area contributed by atoms with E-state index in [0.717, 1.165) is 208 Å². The van der Waals surface area contributed by atoms with Crippen molar-refractivity contribution in [1.29, 1.82) is 0 Å². The molecule has 674 valence electrons. The van der Waals surface area contributed by atoms with Gasteiger partial charge in [0.2, 0.25) is 0 Å². The smallest absolute Gasteiger partial charge is 0.323 e. The maximum absolute atomic E-state index is 12.8. The first-order chi connectivity index (χ1) is 64.1. The molecule has 15 N–H and O–H groups in total. The summed E-state index contributed by atoms with van der Waals surface area (Å²) in [5.74, 6) is 4.10. The highest BCUT2D eigenvalue weighted by atomic mass is 32.1. The van der Waals surface area contributed by atoms with Crippen LogP contribution in [0.25, 0.3) is 103 Å². The molecule has 15 aromatic rings. The van der Waals surface area contributed by atoms with E-state index in [9.17, 15) is 38.4 Å². The number of aromatic nitrogens is 18. The Balaban J connectivity index is 0.000000106. The Hall–Kier alpha value is -14.4. The molecular formula is C92H94N28O8S4. The molecule has 2 aliphatic heterocycles. The van der Waals surface area contributed by atoms with Gasteiger partial charge >= 0.3 is 23.1 Å². The van der Waals surface area contributed by atoms with E-state index >= 15 is 0 Å². The minimum Gasteiger partial charge on any atom is -0.367 e. The van der Waals surface area contributed by atoms with Crippen molar-refractivity contribution in [2.45, 2.75) is 164 Å². The molecule has 40 heteroatoms. The summed E-state index contributed by atoms with van der Waals surface area (Å²) in [6.45, 7) is 17.9. The number of nitrogens with zero attached hydrogens (tertiary/aromatic N) is 13. The van der Waals surface area contributed by atoms with Gasteiger partial charge in [-0.1, -0.05) is 39.2 Å². The summed E-state index contributed by atoms with van der Waals surface area (Å²) in [5.41, 5.74) is 8.77. The minimum absolute atomic E-state index is 0.00594. The van der Waals surface area contributed by atoms with Crippen molar-refractivity contribution in [3.05, 3.63) is 215 Å². The number of anilines is 4. The lowest BCUT2D eigenvalue weighted by Gasteiger charge is -2.13. The predicted octanol–water partition coefficient (Wildman–Crippen LogP) is 7.57. The standard InChI is InChI=1S/C24H27N7O2S.2C23H23N7O2S.C22H21N7O2S/c1-13-17(30-24(33)26-13)10-14-12-25-31-21(27-16-6-7-16)11-18(29-22(14)31)19-8-9-20(34-19)23(32)28-15-4-2-3-5-15;1-12-16(29-23(32)26-12)8-14-11-25-30-20(27-15-4-5-15)9-17(28-21(14)30)18-6-7-19(33-18)22(31)24-10-13-2-3-13;1-13-16(28-23(32)25-13)10-14-12-24-30-20(26-15-4-5-15)11-17(27-21(14)30)18-6-7-19(33-18)22(31)29-8-2-3-9-29;1-11-15(28-22(31)24-11)8-12-10-23-29-19(25-13-2-3-13)9-16(27-20(12)29)17-6-7-18(32-17)21(30)26-14-4-5-14/h8-9,11-12,15-17,27H,1-7,10H2,(H,28,32)(H2,26,30,33);6-9,11,13,15,27H,1-5,10H2,(H,24,31)(H2,26,29,32);6-7,10-12,15,26H,1-5,8-9H2,(H2,25,28,32);6-10,13-14,25H,1-5H2,(H,26,30)(H2,24,28,31)/b;16-8-;16-10-;15-8-. The molecular weight excluding hydrogens is 1750 g/mol. The van der Waals surface area contributed by atoms with E-state index in [-0.39, 0.29) is 58.8 Å². The minimum atomic E-state index is -0.307. The number of urea groups is 1. The van der Waals surface area contributed by atoms with Crippen molar-refractivity contribution in [1.82, 2.24) is 120 Å². The lowest BCUT2D eigenvalue weighted by Crippen LogP contribution is -2.31. The number of aromatic amines is 6. The molecule has 36 nitrogen and oxygen atoms in total. The number of hydrogen-bond donors (Lipinski definition) is 15. The summed E-state index contributed by atoms with van der Waals surface area (Å²) in [7, 11) is 0. The van der Waals surface area contributed by atoms with Crippen molar-refractivity contribution >= 4 is 159 Å². The number of hydrogen-bond acceptors (Lipinski definition) is 24. The van der Waals surface area contributed by atoms with Crippen LogP contribution in [0.4, 0.5) is 28.1 Å². The zero-order chi connectivity index (χ0) is 90.1. The molecule has 132 heavy (non-hydrogen) atoms. The van der Waals surface area contributed by atoms with E-state index in [4.69, 9.17) is 19.9 Å². The predicted molar refractivity (Wildman–Crippen MR) is 510 cm³/mol. The fourth-order valence-corrected chi connectivity index (χ4v) is 19.6. The van der Waals surface area contributed by atoms with Crippen molar-refractivity contribution in [3.63, 3.8) is 0 Å². The third-order valence-electron chi connectivity index (χ3n) is 24.2. The average molecular weight is 1850 g/mol. The number of amides is 6. The van der Waals surface area contributed by atoms with Crippen molar-refractivity contribution in [3.8, 4) is 42.3 Å². The van der Waals surface area contributed by atoms with Crippen LogP contribution in [0.3, 0.4) is 0 Å². The van der Waals surface area contributed by atoms with Gasteiger partial charge in [0.05, 0.1) is 125 Å². The largest absolute Gasteiger partial charge is 0.367 e. The molecule has 17 heterocycles. The summed E-state index contributed by atoms with van der Waals surface area (Å²) in [6.07, 6.45) is 33.1. The lowest BCUT2D eigenvalue weighted by atomic mass is 10.1. The van der Waals surface area contributed by atoms with Crippen LogP contribution in [0.2, 0.25) is 0 Å². The van der Waals surface area contributed by atoms with Crippen molar-refractivity contribution in [2.24, 2.45) is 5.92 Å².